The molecule has 1 N–H and O–H groups in total. The van der Waals surface area contributed by atoms with Gasteiger partial charge in [-0.2, -0.15) is 0 Å². The van der Waals surface area contributed by atoms with Gasteiger partial charge in [-0.05, 0) is 50.3 Å². The average molecular weight is 281 g/mol. The number of nitrogens with one attached hydrogen (secondary N) is 1. The number of benzene rings is 1. The molecule has 2 rings (SSSR count). The van der Waals surface area contributed by atoms with E-state index in [-0.39, 0.29) is 0 Å². The van der Waals surface area contributed by atoms with E-state index < -0.39 is 0 Å². The Hall–Kier alpha value is -0.870. The van der Waals surface area contributed by atoms with Crippen molar-refractivity contribution in [2.24, 2.45) is 0 Å². The lowest BCUT2D eigenvalue weighted by atomic mass is 10.2. The fraction of sp³-hybridized carbons (Fsp3) is 0.600. The molecule has 3 nitrogen and oxygen atoms in total. The van der Waals surface area contributed by atoms with Crippen molar-refractivity contribution in [2.45, 2.75) is 37.6 Å². The summed E-state index contributed by atoms with van der Waals surface area (Å²) in [5.41, 5.74) is 0. The molecule has 0 fully saturated rings. The van der Waals surface area contributed by atoms with E-state index in [1.165, 1.54) is 17.7 Å². The summed E-state index contributed by atoms with van der Waals surface area (Å²) in [7, 11) is 0. The van der Waals surface area contributed by atoms with Crippen LogP contribution in [0.1, 0.15) is 26.7 Å². The summed E-state index contributed by atoms with van der Waals surface area (Å²) in [5, 5.41) is 3.44. The van der Waals surface area contributed by atoms with Crippen molar-refractivity contribution >= 4 is 11.8 Å². The molecule has 0 amide bonds. The van der Waals surface area contributed by atoms with Gasteiger partial charge in [-0.3, -0.25) is 0 Å². The number of hydrogen-bond donors (Lipinski definition) is 1. The van der Waals surface area contributed by atoms with Crippen LogP contribution < -0.4 is 14.8 Å². The molecular formula is C15H23NO2S. The summed E-state index contributed by atoms with van der Waals surface area (Å²) in [6.45, 7) is 6.76. The highest BCUT2D eigenvalue weighted by Gasteiger charge is 2.11. The zero-order chi connectivity index (χ0) is 13.5. The molecule has 106 valence electrons. The molecule has 4 heteroatoms. The first-order valence-corrected chi connectivity index (χ1v) is 8.04. The highest BCUT2D eigenvalue weighted by molar-refractivity contribution is 7.99. The fourth-order valence-electron chi connectivity index (χ4n) is 2.14. The summed E-state index contributed by atoms with van der Waals surface area (Å²) < 4.78 is 11.1. The van der Waals surface area contributed by atoms with Gasteiger partial charge >= 0.3 is 0 Å². The standard InChI is InChI=1S/C15H23NO2S/c1-3-16-12(2)5-4-10-19-13-6-7-14-15(11-13)18-9-8-17-14/h6-7,11-12,16H,3-5,8-10H2,1-2H3. The van der Waals surface area contributed by atoms with E-state index in [1.54, 1.807) is 0 Å². The predicted octanol–water partition coefficient (Wildman–Crippen LogP) is 3.33. The Kier molecular flexibility index (Phi) is 5.86. The van der Waals surface area contributed by atoms with Crippen LogP contribution in [-0.2, 0) is 0 Å². The van der Waals surface area contributed by atoms with Crippen molar-refractivity contribution < 1.29 is 9.47 Å². The predicted molar refractivity (Wildman–Crippen MR) is 80.5 cm³/mol. The van der Waals surface area contributed by atoms with Gasteiger partial charge in [0, 0.05) is 10.9 Å². The molecule has 1 heterocycles. The van der Waals surface area contributed by atoms with Crippen LogP contribution in [0.3, 0.4) is 0 Å². The van der Waals surface area contributed by atoms with Gasteiger partial charge in [0.2, 0.25) is 0 Å². The zero-order valence-corrected chi connectivity index (χ0v) is 12.6. The Balaban J connectivity index is 1.74. The van der Waals surface area contributed by atoms with Gasteiger partial charge in [-0.1, -0.05) is 6.92 Å². The van der Waals surface area contributed by atoms with E-state index in [1.807, 2.05) is 17.8 Å². The molecule has 1 aromatic rings. The molecule has 1 aliphatic rings. The number of rotatable bonds is 7. The molecule has 0 saturated carbocycles. The van der Waals surface area contributed by atoms with Crippen LogP contribution in [-0.4, -0.2) is 31.6 Å². The van der Waals surface area contributed by atoms with E-state index in [0.29, 0.717) is 19.3 Å². The second kappa shape index (κ2) is 7.65. The Labute approximate surface area is 120 Å². The molecule has 19 heavy (non-hydrogen) atoms. The van der Waals surface area contributed by atoms with E-state index in [0.717, 1.165) is 23.8 Å². The number of hydrogen-bond acceptors (Lipinski definition) is 4. The smallest absolute Gasteiger partial charge is 0.162 e. The normalized spacial score (nSPS) is 15.3. The first-order valence-electron chi connectivity index (χ1n) is 7.05. The Morgan fingerprint density at radius 3 is 2.84 bits per heavy atom. The maximum atomic E-state index is 5.59. The topological polar surface area (TPSA) is 30.5 Å². The minimum atomic E-state index is 0.617. The molecule has 1 aliphatic heterocycles. The molecule has 0 saturated heterocycles. The maximum Gasteiger partial charge on any atom is 0.162 e. The molecule has 0 bridgehead atoms. The second-order valence-electron chi connectivity index (χ2n) is 4.75. The Morgan fingerprint density at radius 1 is 1.26 bits per heavy atom. The largest absolute Gasteiger partial charge is 0.486 e. The second-order valence-corrected chi connectivity index (χ2v) is 5.92. The molecule has 0 aromatic heterocycles. The van der Waals surface area contributed by atoms with Gasteiger partial charge < -0.3 is 14.8 Å². The summed E-state index contributed by atoms with van der Waals surface area (Å²) in [6, 6.07) is 6.84. The molecule has 0 spiro atoms. The highest BCUT2D eigenvalue weighted by atomic mass is 32.2. The molecule has 1 unspecified atom stereocenters. The van der Waals surface area contributed by atoms with Gasteiger partial charge in [0.25, 0.3) is 0 Å². The van der Waals surface area contributed by atoms with Crippen molar-refractivity contribution in [3.05, 3.63) is 18.2 Å². The van der Waals surface area contributed by atoms with Crippen LogP contribution in [0.15, 0.2) is 23.1 Å². The van der Waals surface area contributed by atoms with E-state index >= 15 is 0 Å². The quantitative estimate of drug-likeness (QED) is 0.613. The minimum Gasteiger partial charge on any atom is -0.486 e. The van der Waals surface area contributed by atoms with Gasteiger partial charge in [0.05, 0.1) is 0 Å². The lowest BCUT2D eigenvalue weighted by molar-refractivity contribution is 0.171. The lowest BCUT2D eigenvalue weighted by Crippen LogP contribution is -2.25. The molecular weight excluding hydrogens is 258 g/mol. The summed E-state index contributed by atoms with van der Waals surface area (Å²) in [6.07, 6.45) is 2.46. The summed E-state index contributed by atoms with van der Waals surface area (Å²) in [4.78, 5) is 1.26. The number of fused-ring (bicyclic) bond motifs is 1. The number of ether oxygens (including phenoxy) is 2. The van der Waals surface area contributed by atoms with Crippen LogP contribution in [0.2, 0.25) is 0 Å². The summed E-state index contributed by atoms with van der Waals surface area (Å²) in [5.74, 6) is 2.91. The highest BCUT2D eigenvalue weighted by Crippen LogP contribution is 2.34. The van der Waals surface area contributed by atoms with Gasteiger partial charge in [0.15, 0.2) is 11.5 Å². The van der Waals surface area contributed by atoms with Crippen LogP contribution >= 0.6 is 11.8 Å². The third-order valence-corrected chi connectivity index (χ3v) is 4.20. The van der Waals surface area contributed by atoms with Crippen molar-refractivity contribution in [1.82, 2.24) is 5.32 Å². The van der Waals surface area contributed by atoms with Crippen molar-refractivity contribution in [3.8, 4) is 11.5 Å². The molecule has 0 aliphatic carbocycles. The Morgan fingerprint density at radius 2 is 2.05 bits per heavy atom. The van der Waals surface area contributed by atoms with Crippen LogP contribution in [0.5, 0.6) is 11.5 Å². The van der Waals surface area contributed by atoms with E-state index in [9.17, 15) is 0 Å². The number of thioether (sulfide) groups is 1. The zero-order valence-electron chi connectivity index (χ0n) is 11.8. The minimum absolute atomic E-state index is 0.617. The third kappa shape index (κ3) is 4.62. The molecule has 1 atom stereocenters. The molecule has 1 aromatic carbocycles. The van der Waals surface area contributed by atoms with Crippen molar-refractivity contribution in [1.29, 1.82) is 0 Å². The van der Waals surface area contributed by atoms with Crippen LogP contribution in [0.25, 0.3) is 0 Å². The first kappa shape index (κ1) is 14.5. The van der Waals surface area contributed by atoms with Crippen molar-refractivity contribution in [2.75, 3.05) is 25.5 Å². The van der Waals surface area contributed by atoms with E-state index in [4.69, 9.17) is 9.47 Å². The molecule has 0 radical (unpaired) electrons. The SMILES string of the molecule is CCNC(C)CCCSc1ccc2c(c1)OCCO2. The fourth-order valence-corrected chi connectivity index (χ4v) is 3.04. The average Bonchev–Trinajstić information content (AvgIpc) is 2.44. The monoisotopic (exact) mass is 281 g/mol. The van der Waals surface area contributed by atoms with Crippen LogP contribution in [0, 0.1) is 0 Å². The first-order chi connectivity index (χ1) is 9.29. The van der Waals surface area contributed by atoms with Crippen LogP contribution in [0.4, 0.5) is 0 Å². The Bertz CT molecular complexity index is 398. The van der Waals surface area contributed by atoms with Crippen molar-refractivity contribution in [3.63, 3.8) is 0 Å². The maximum absolute atomic E-state index is 5.59. The van der Waals surface area contributed by atoms with Gasteiger partial charge in [-0.15, -0.1) is 11.8 Å². The van der Waals surface area contributed by atoms with Gasteiger partial charge in [0.1, 0.15) is 13.2 Å². The lowest BCUT2D eigenvalue weighted by Gasteiger charge is -2.18. The third-order valence-electron chi connectivity index (χ3n) is 3.12. The van der Waals surface area contributed by atoms with E-state index in [2.05, 4.69) is 31.3 Å². The van der Waals surface area contributed by atoms with Gasteiger partial charge in [-0.25, -0.2) is 0 Å². The summed E-state index contributed by atoms with van der Waals surface area (Å²) >= 11 is 1.89.